The van der Waals surface area contributed by atoms with Crippen molar-refractivity contribution in [2.24, 2.45) is 5.92 Å². The number of hydrogen-bond donors (Lipinski definition) is 0. The van der Waals surface area contributed by atoms with Gasteiger partial charge in [-0.3, -0.25) is 4.79 Å². The summed E-state index contributed by atoms with van der Waals surface area (Å²) in [5, 5.41) is 0.384. The van der Waals surface area contributed by atoms with Gasteiger partial charge in [0.2, 0.25) is 0 Å². The quantitative estimate of drug-likeness (QED) is 0.767. The summed E-state index contributed by atoms with van der Waals surface area (Å²) >= 11 is 5.93. The molecule has 1 amide bonds. The summed E-state index contributed by atoms with van der Waals surface area (Å²) in [7, 11) is 1.83. The third kappa shape index (κ3) is 3.98. The lowest BCUT2D eigenvalue weighted by molar-refractivity contribution is 0.0774. The highest BCUT2D eigenvalue weighted by atomic mass is 35.5. The smallest absolute Gasteiger partial charge is 0.253 e. The number of hydrogen-bond acceptors (Lipinski definition) is 2. The van der Waals surface area contributed by atoms with Crippen LogP contribution in [0.5, 0.6) is 0 Å². The lowest BCUT2D eigenvalue weighted by Gasteiger charge is -2.21. The number of amides is 1. The molecule has 0 aliphatic carbocycles. The van der Waals surface area contributed by atoms with E-state index in [9.17, 15) is 4.79 Å². The Hall–Kier alpha value is -1.09. The fourth-order valence-electron chi connectivity index (χ4n) is 1.76. The molecule has 0 saturated heterocycles. The zero-order valence-electron chi connectivity index (χ0n) is 11.5. The minimum absolute atomic E-state index is 0.00861. The summed E-state index contributed by atoms with van der Waals surface area (Å²) in [5.74, 6) is 0.510. The Kier molecular flexibility index (Phi) is 5.60. The SMILES string of the molecule is CCc1cc(C(=O)N(C)CC(C)CC)cc(Cl)n1. The second-order valence-corrected chi connectivity index (χ2v) is 5.11. The molecular formula is C14H21ClN2O. The Morgan fingerprint density at radius 2 is 2.11 bits per heavy atom. The van der Waals surface area contributed by atoms with Crippen LogP contribution in [0.15, 0.2) is 12.1 Å². The highest BCUT2D eigenvalue weighted by molar-refractivity contribution is 6.29. The number of halogens is 1. The summed E-state index contributed by atoms with van der Waals surface area (Å²) in [5.41, 5.74) is 1.47. The molecule has 1 atom stereocenters. The molecule has 0 saturated carbocycles. The lowest BCUT2D eigenvalue weighted by atomic mass is 10.1. The molecule has 0 spiro atoms. The van der Waals surface area contributed by atoms with Gasteiger partial charge in [-0.2, -0.15) is 0 Å². The van der Waals surface area contributed by atoms with Crippen molar-refractivity contribution in [2.45, 2.75) is 33.6 Å². The van der Waals surface area contributed by atoms with Gasteiger partial charge in [-0.05, 0) is 24.5 Å². The number of pyridine rings is 1. The molecule has 0 aromatic carbocycles. The summed E-state index contributed by atoms with van der Waals surface area (Å²) in [4.78, 5) is 18.2. The van der Waals surface area contributed by atoms with Gasteiger partial charge in [0.25, 0.3) is 5.91 Å². The van der Waals surface area contributed by atoms with Crippen LogP contribution in [-0.4, -0.2) is 29.4 Å². The van der Waals surface area contributed by atoms with Crippen LogP contribution in [-0.2, 0) is 6.42 Å². The third-order valence-corrected chi connectivity index (χ3v) is 3.28. The van der Waals surface area contributed by atoms with Crippen molar-refractivity contribution in [3.8, 4) is 0 Å². The van der Waals surface area contributed by atoms with Crippen LogP contribution in [0.4, 0.5) is 0 Å². The van der Waals surface area contributed by atoms with Crippen LogP contribution in [0.25, 0.3) is 0 Å². The Morgan fingerprint density at radius 3 is 2.67 bits per heavy atom. The van der Waals surface area contributed by atoms with E-state index in [2.05, 4.69) is 18.8 Å². The molecule has 0 aliphatic rings. The molecule has 1 heterocycles. The Labute approximate surface area is 114 Å². The maximum Gasteiger partial charge on any atom is 0.253 e. The first-order valence-electron chi connectivity index (χ1n) is 6.39. The molecule has 18 heavy (non-hydrogen) atoms. The molecule has 3 nitrogen and oxygen atoms in total. The van der Waals surface area contributed by atoms with Gasteiger partial charge in [0, 0.05) is 24.8 Å². The van der Waals surface area contributed by atoms with Crippen molar-refractivity contribution in [3.05, 3.63) is 28.5 Å². The van der Waals surface area contributed by atoms with E-state index in [-0.39, 0.29) is 5.91 Å². The molecule has 100 valence electrons. The van der Waals surface area contributed by atoms with Gasteiger partial charge in [0.05, 0.1) is 0 Å². The molecule has 1 rings (SSSR count). The summed E-state index contributed by atoms with van der Waals surface area (Å²) in [6.07, 6.45) is 1.84. The predicted molar refractivity (Wildman–Crippen MR) is 75.0 cm³/mol. The maximum atomic E-state index is 12.3. The summed E-state index contributed by atoms with van der Waals surface area (Å²) in [6, 6.07) is 3.46. The molecule has 0 N–H and O–H groups in total. The molecule has 0 fully saturated rings. The van der Waals surface area contributed by atoms with Crippen molar-refractivity contribution >= 4 is 17.5 Å². The standard InChI is InChI=1S/C14H21ClN2O/c1-5-10(3)9-17(4)14(18)11-7-12(6-2)16-13(15)8-11/h7-8,10H,5-6,9H2,1-4H3. The number of aryl methyl sites for hydroxylation is 1. The molecule has 0 bridgehead atoms. The van der Waals surface area contributed by atoms with Crippen LogP contribution < -0.4 is 0 Å². The molecule has 1 unspecified atom stereocenters. The van der Waals surface area contributed by atoms with E-state index in [4.69, 9.17) is 11.6 Å². The predicted octanol–water partition coefficient (Wildman–Crippen LogP) is 3.42. The topological polar surface area (TPSA) is 33.2 Å². The van der Waals surface area contributed by atoms with E-state index in [1.807, 2.05) is 20.0 Å². The van der Waals surface area contributed by atoms with Crippen LogP contribution in [0.2, 0.25) is 5.15 Å². The monoisotopic (exact) mass is 268 g/mol. The summed E-state index contributed by atoms with van der Waals surface area (Å²) < 4.78 is 0. The van der Waals surface area contributed by atoms with Crippen molar-refractivity contribution in [1.29, 1.82) is 0 Å². The third-order valence-electron chi connectivity index (χ3n) is 3.09. The average Bonchev–Trinajstić information content (AvgIpc) is 2.36. The second-order valence-electron chi connectivity index (χ2n) is 4.72. The fourth-order valence-corrected chi connectivity index (χ4v) is 1.98. The second kappa shape index (κ2) is 6.74. The first-order chi connectivity index (χ1) is 8.47. The number of aromatic nitrogens is 1. The lowest BCUT2D eigenvalue weighted by Crippen LogP contribution is -2.31. The van der Waals surface area contributed by atoms with Crippen LogP contribution in [0.1, 0.15) is 43.2 Å². The number of nitrogens with zero attached hydrogens (tertiary/aromatic N) is 2. The highest BCUT2D eigenvalue weighted by Crippen LogP contribution is 2.14. The minimum Gasteiger partial charge on any atom is -0.341 e. The Bertz CT molecular complexity index is 420. The fraction of sp³-hybridized carbons (Fsp3) is 0.571. The highest BCUT2D eigenvalue weighted by Gasteiger charge is 2.15. The van der Waals surface area contributed by atoms with Crippen LogP contribution >= 0.6 is 11.6 Å². The van der Waals surface area contributed by atoms with Gasteiger partial charge in [0.1, 0.15) is 5.15 Å². The van der Waals surface area contributed by atoms with Crippen molar-refractivity contribution < 1.29 is 4.79 Å². The van der Waals surface area contributed by atoms with E-state index in [1.165, 1.54) is 0 Å². The molecule has 1 aromatic rings. The van der Waals surface area contributed by atoms with Gasteiger partial charge >= 0.3 is 0 Å². The maximum absolute atomic E-state index is 12.3. The summed E-state index contributed by atoms with van der Waals surface area (Å²) in [6.45, 7) is 7.02. The van der Waals surface area contributed by atoms with Gasteiger partial charge in [-0.15, -0.1) is 0 Å². The largest absolute Gasteiger partial charge is 0.341 e. The first kappa shape index (κ1) is 15.0. The van der Waals surface area contributed by atoms with Gasteiger partial charge in [0.15, 0.2) is 0 Å². The zero-order chi connectivity index (χ0) is 13.7. The Morgan fingerprint density at radius 1 is 1.44 bits per heavy atom. The van der Waals surface area contributed by atoms with Crippen molar-refractivity contribution in [3.63, 3.8) is 0 Å². The molecule has 0 aliphatic heterocycles. The van der Waals surface area contributed by atoms with E-state index in [0.717, 1.165) is 25.1 Å². The van der Waals surface area contributed by atoms with Gasteiger partial charge in [-0.1, -0.05) is 38.8 Å². The molecular weight excluding hydrogens is 248 g/mol. The molecule has 4 heteroatoms. The number of carbonyl (C=O) groups excluding carboxylic acids is 1. The Balaban J connectivity index is 2.86. The zero-order valence-corrected chi connectivity index (χ0v) is 12.3. The van der Waals surface area contributed by atoms with E-state index in [0.29, 0.717) is 16.6 Å². The average molecular weight is 269 g/mol. The van der Waals surface area contributed by atoms with Crippen molar-refractivity contribution in [2.75, 3.05) is 13.6 Å². The first-order valence-corrected chi connectivity index (χ1v) is 6.77. The van der Waals surface area contributed by atoms with Gasteiger partial charge < -0.3 is 4.90 Å². The normalized spacial score (nSPS) is 12.3. The van der Waals surface area contributed by atoms with E-state index >= 15 is 0 Å². The van der Waals surface area contributed by atoms with Crippen molar-refractivity contribution in [1.82, 2.24) is 9.88 Å². The van der Waals surface area contributed by atoms with Gasteiger partial charge in [-0.25, -0.2) is 4.98 Å². The minimum atomic E-state index is 0.00861. The molecule has 1 aromatic heterocycles. The van der Waals surface area contributed by atoms with E-state index in [1.54, 1.807) is 11.0 Å². The van der Waals surface area contributed by atoms with Crippen LogP contribution in [0.3, 0.4) is 0 Å². The molecule has 0 radical (unpaired) electrons. The number of carbonyl (C=O) groups is 1. The number of rotatable bonds is 5. The van der Waals surface area contributed by atoms with E-state index < -0.39 is 0 Å². The van der Waals surface area contributed by atoms with Crippen LogP contribution in [0, 0.1) is 5.92 Å².